The Kier molecular flexibility index (Phi) is 3.54. The van der Waals surface area contributed by atoms with Crippen LogP contribution < -0.4 is 0 Å². The third-order valence-corrected chi connectivity index (χ3v) is 4.86. The second-order valence-corrected chi connectivity index (χ2v) is 6.70. The topological polar surface area (TPSA) is 95.0 Å². The van der Waals surface area contributed by atoms with Crippen LogP contribution in [0.1, 0.15) is 33.6 Å². The average molecular weight is 337 g/mol. The van der Waals surface area contributed by atoms with Crippen LogP contribution in [-0.2, 0) is 5.60 Å². The number of β-amino-alcohol motifs (C(OH)–C–C–N with tert-alkyl or cyclic N) is 1. The maximum Gasteiger partial charge on any atom is 0.256 e. The van der Waals surface area contributed by atoms with Gasteiger partial charge < -0.3 is 10.0 Å². The van der Waals surface area contributed by atoms with Gasteiger partial charge in [0.1, 0.15) is 11.3 Å². The summed E-state index contributed by atoms with van der Waals surface area (Å²) in [6, 6.07) is 5.85. The number of benzene rings is 1. The molecule has 0 aliphatic carbocycles. The van der Waals surface area contributed by atoms with Crippen LogP contribution in [-0.4, -0.2) is 49.4 Å². The predicted octanol–water partition coefficient (Wildman–Crippen LogP) is 1.70. The molecule has 3 heterocycles. The number of likely N-dealkylation sites (tertiary alicyclic amines) is 1. The number of carbonyl (C=O) groups excluding carboxylic acids is 1. The summed E-state index contributed by atoms with van der Waals surface area (Å²) in [6.07, 6.45) is 3.65. The summed E-state index contributed by atoms with van der Waals surface area (Å²) in [7, 11) is 0. The average Bonchev–Trinajstić information content (AvgIpc) is 3.25. The van der Waals surface area contributed by atoms with Gasteiger partial charge in [-0.1, -0.05) is 0 Å². The van der Waals surface area contributed by atoms with E-state index in [0.717, 1.165) is 16.5 Å². The number of hydrogen-bond donors (Lipinski definition) is 2. The van der Waals surface area contributed by atoms with Crippen molar-refractivity contribution in [2.75, 3.05) is 13.1 Å². The van der Waals surface area contributed by atoms with Gasteiger partial charge in [0.2, 0.25) is 0 Å². The predicted molar refractivity (Wildman–Crippen MR) is 92.0 cm³/mol. The zero-order valence-electron chi connectivity index (χ0n) is 14.2. The van der Waals surface area contributed by atoms with Gasteiger partial charge in [-0.15, -0.1) is 0 Å². The smallest absolute Gasteiger partial charge is 0.256 e. The molecular weight excluding hydrogens is 318 g/mol. The molecule has 1 aliphatic rings. The molecule has 7 nitrogen and oxygen atoms in total. The van der Waals surface area contributed by atoms with Crippen molar-refractivity contribution in [1.29, 1.82) is 0 Å². The lowest BCUT2D eigenvalue weighted by molar-refractivity contribution is 0.0382. The first-order valence-electron chi connectivity index (χ1n) is 8.22. The highest BCUT2D eigenvalue weighted by atomic mass is 16.3. The van der Waals surface area contributed by atoms with E-state index >= 15 is 0 Å². The first-order valence-corrected chi connectivity index (χ1v) is 8.22. The molecule has 1 fully saturated rings. The van der Waals surface area contributed by atoms with E-state index < -0.39 is 5.60 Å². The fourth-order valence-corrected chi connectivity index (χ4v) is 3.47. The van der Waals surface area contributed by atoms with Crippen LogP contribution in [0.15, 0.2) is 30.6 Å². The fraction of sp³-hybridized carbons (Fsp3) is 0.333. The molecule has 3 aromatic rings. The molecule has 1 amide bonds. The lowest BCUT2D eigenvalue weighted by Crippen LogP contribution is -2.34. The molecule has 25 heavy (non-hydrogen) atoms. The van der Waals surface area contributed by atoms with Gasteiger partial charge in [0, 0.05) is 24.5 Å². The van der Waals surface area contributed by atoms with Gasteiger partial charge in [-0.25, -0.2) is 0 Å². The number of amides is 1. The van der Waals surface area contributed by atoms with Crippen molar-refractivity contribution >= 4 is 16.8 Å². The van der Waals surface area contributed by atoms with Crippen molar-refractivity contribution in [3.05, 3.63) is 53.0 Å². The highest BCUT2D eigenvalue weighted by Gasteiger charge is 2.42. The first kappa shape index (κ1) is 15.7. The minimum Gasteiger partial charge on any atom is -0.381 e. The maximum atomic E-state index is 13.1. The number of aryl methyl sites for hydroxylation is 2. The Hall–Kier alpha value is -2.80. The summed E-state index contributed by atoms with van der Waals surface area (Å²) < 4.78 is 0. The molecule has 1 aliphatic heterocycles. The highest BCUT2D eigenvalue weighted by Crippen LogP contribution is 2.32. The van der Waals surface area contributed by atoms with Crippen molar-refractivity contribution in [3.63, 3.8) is 0 Å². The first-order chi connectivity index (χ1) is 12.0. The van der Waals surface area contributed by atoms with Crippen molar-refractivity contribution in [2.45, 2.75) is 25.9 Å². The van der Waals surface area contributed by atoms with Crippen molar-refractivity contribution in [3.8, 4) is 0 Å². The number of carbonyl (C=O) groups is 1. The zero-order valence-corrected chi connectivity index (χ0v) is 14.2. The van der Waals surface area contributed by atoms with Gasteiger partial charge in [0.05, 0.1) is 23.8 Å². The lowest BCUT2D eigenvalue weighted by Gasteiger charge is -2.21. The van der Waals surface area contributed by atoms with E-state index in [-0.39, 0.29) is 12.5 Å². The number of aromatic amines is 1. The molecule has 2 N–H and O–H groups in total. The largest absolute Gasteiger partial charge is 0.381 e. The summed E-state index contributed by atoms with van der Waals surface area (Å²) in [5, 5.41) is 22.0. The second-order valence-electron chi connectivity index (χ2n) is 6.70. The van der Waals surface area contributed by atoms with E-state index in [2.05, 4.69) is 20.4 Å². The van der Waals surface area contributed by atoms with E-state index in [9.17, 15) is 9.90 Å². The van der Waals surface area contributed by atoms with Crippen LogP contribution in [0.2, 0.25) is 0 Å². The van der Waals surface area contributed by atoms with Crippen LogP contribution in [0.4, 0.5) is 0 Å². The molecule has 1 aromatic carbocycles. The Labute approximate surface area is 144 Å². The summed E-state index contributed by atoms with van der Waals surface area (Å²) in [6.45, 7) is 4.64. The van der Waals surface area contributed by atoms with Crippen LogP contribution in [0, 0.1) is 13.8 Å². The van der Waals surface area contributed by atoms with Gasteiger partial charge in [-0.3, -0.25) is 9.78 Å². The van der Waals surface area contributed by atoms with Crippen LogP contribution in [0.25, 0.3) is 10.9 Å². The van der Waals surface area contributed by atoms with Crippen LogP contribution in [0.5, 0.6) is 0 Å². The molecule has 128 valence electrons. The Morgan fingerprint density at radius 3 is 2.96 bits per heavy atom. The van der Waals surface area contributed by atoms with E-state index in [4.69, 9.17) is 0 Å². The maximum absolute atomic E-state index is 13.1. The fourth-order valence-electron chi connectivity index (χ4n) is 3.47. The molecule has 1 atom stereocenters. The quantitative estimate of drug-likeness (QED) is 0.742. The minimum atomic E-state index is -1.16. The molecule has 0 radical (unpaired) electrons. The number of H-pyrrole nitrogens is 1. The lowest BCUT2D eigenvalue weighted by atomic mass is 10.00. The van der Waals surface area contributed by atoms with Gasteiger partial charge in [-0.2, -0.15) is 15.4 Å². The number of nitrogens with zero attached hydrogens (tertiary/aromatic N) is 4. The number of aromatic nitrogens is 4. The summed E-state index contributed by atoms with van der Waals surface area (Å²) in [5.41, 5.74) is 2.67. The second kappa shape index (κ2) is 5.63. The van der Waals surface area contributed by atoms with Crippen molar-refractivity contribution in [1.82, 2.24) is 25.3 Å². The highest BCUT2D eigenvalue weighted by molar-refractivity contribution is 6.06. The van der Waals surface area contributed by atoms with E-state index in [1.807, 2.05) is 32.0 Å². The van der Waals surface area contributed by atoms with Gasteiger partial charge in [0.15, 0.2) is 0 Å². The molecule has 1 unspecified atom stereocenters. The van der Waals surface area contributed by atoms with Crippen molar-refractivity contribution < 1.29 is 9.90 Å². The van der Waals surface area contributed by atoms with Gasteiger partial charge >= 0.3 is 0 Å². The number of aliphatic hydroxyl groups is 1. The third kappa shape index (κ3) is 2.56. The Balaban J connectivity index is 1.71. The number of nitrogens with one attached hydrogen (secondary N) is 1. The molecule has 1 saturated heterocycles. The molecule has 0 spiro atoms. The van der Waals surface area contributed by atoms with E-state index in [0.29, 0.717) is 29.7 Å². The molecule has 0 bridgehead atoms. The van der Waals surface area contributed by atoms with E-state index in [1.54, 1.807) is 11.1 Å². The zero-order chi connectivity index (χ0) is 17.6. The standard InChI is InChI=1S/C18H19N5O2/c1-11-7-13-12(2)3-5-19-16(13)14(8-11)17(24)23-6-4-18(25,10-23)15-9-20-22-21-15/h3,5,7-9,25H,4,6,10H2,1-2H3,(H,20,21,22). The Bertz CT molecular complexity index is 954. The summed E-state index contributed by atoms with van der Waals surface area (Å²) >= 11 is 0. The van der Waals surface area contributed by atoms with E-state index in [1.165, 1.54) is 6.20 Å². The van der Waals surface area contributed by atoms with Crippen LogP contribution >= 0.6 is 0 Å². The number of hydrogen-bond acceptors (Lipinski definition) is 5. The summed E-state index contributed by atoms with van der Waals surface area (Å²) in [5.74, 6) is -0.119. The van der Waals surface area contributed by atoms with Gasteiger partial charge in [0.25, 0.3) is 5.91 Å². The molecular formula is C18H19N5O2. The minimum absolute atomic E-state index is 0.119. The third-order valence-electron chi connectivity index (χ3n) is 4.86. The molecule has 2 aromatic heterocycles. The van der Waals surface area contributed by atoms with Crippen LogP contribution in [0.3, 0.4) is 0 Å². The Morgan fingerprint density at radius 2 is 2.20 bits per heavy atom. The number of fused-ring (bicyclic) bond motifs is 1. The van der Waals surface area contributed by atoms with Gasteiger partial charge in [-0.05, 0) is 43.2 Å². The SMILES string of the molecule is Cc1cc(C(=O)N2CCC(O)(c3cn[nH]n3)C2)c2nccc(C)c2c1. The number of rotatable bonds is 2. The molecule has 4 rings (SSSR count). The molecule has 0 saturated carbocycles. The summed E-state index contributed by atoms with van der Waals surface area (Å²) in [4.78, 5) is 19.2. The number of pyridine rings is 1. The molecule has 7 heteroatoms. The monoisotopic (exact) mass is 337 g/mol. The normalized spacial score (nSPS) is 20.4. The van der Waals surface area contributed by atoms with Crippen molar-refractivity contribution in [2.24, 2.45) is 0 Å². The Morgan fingerprint density at radius 1 is 1.36 bits per heavy atom.